The van der Waals surface area contributed by atoms with Crippen molar-refractivity contribution in [2.75, 3.05) is 32.6 Å². The van der Waals surface area contributed by atoms with Crippen LogP contribution in [0.1, 0.15) is 18.1 Å². The SMILES string of the molecule is C#Cc1cccc(NC(=O)CN=C(NCC)N(C)Cc2ccc(OC)cc2)c1.I. The van der Waals surface area contributed by atoms with Gasteiger partial charge in [0.2, 0.25) is 5.91 Å². The zero-order valence-corrected chi connectivity index (χ0v) is 19.3. The van der Waals surface area contributed by atoms with Crippen LogP contribution in [-0.2, 0) is 11.3 Å². The molecule has 0 aliphatic rings. The predicted octanol–water partition coefficient (Wildman–Crippen LogP) is 3.33. The first kappa shape index (κ1) is 24.3. The molecule has 2 N–H and O–H groups in total. The number of anilines is 1. The second kappa shape index (κ2) is 12.7. The molecule has 0 saturated heterocycles. The van der Waals surface area contributed by atoms with Gasteiger partial charge in [-0.15, -0.1) is 30.4 Å². The monoisotopic (exact) mass is 506 g/mol. The topological polar surface area (TPSA) is 66.0 Å². The molecule has 0 saturated carbocycles. The minimum absolute atomic E-state index is 0. The predicted molar refractivity (Wildman–Crippen MR) is 129 cm³/mol. The molecule has 0 heterocycles. The maximum atomic E-state index is 12.2. The lowest BCUT2D eigenvalue weighted by Gasteiger charge is -2.22. The van der Waals surface area contributed by atoms with Crippen LogP contribution in [0, 0.1) is 12.3 Å². The first-order valence-corrected chi connectivity index (χ1v) is 9.04. The molecule has 2 rings (SSSR count). The molecular weight excluding hydrogens is 479 g/mol. The normalized spacial score (nSPS) is 10.3. The molecule has 0 bridgehead atoms. The van der Waals surface area contributed by atoms with E-state index in [9.17, 15) is 4.79 Å². The molecule has 6 nitrogen and oxygen atoms in total. The van der Waals surface area contributed by atoms with Crippen LogP contribution < -0.4 is 15.4 Å². The Kier molecular flexibility index (Phi) is 10.6. The summed E-state index contributed by atoms with van der Waals surface area (Å²) in [6.45, 7) is 3.36. The summed E-state index contributed by atoms with van der Waals surface area (Å²) in [5, 5.41) is 6.02. The summed E-state index contributed by atoms with van der Waals surface area (Å²) in [5.74, 6) is 3.82. The van der Waals surface area contributed by atoms with Crippen molar-refractivity contribution in [2.24, 2.45) is 4.99 Å². The molecular formula is C22H27IN4O2. The molecule has 0 radical (unpaired) electrons. The number of ether oxygens (including phenoxy) is 1. The summed E-state index contributed by atoms with van der Waals surface area (Å²) in [6, 6.07) is 15.0. The lowest BCUT2D eigenvalue weighted by atomic mass is 10.2. The van der Waals surface area contributed by atoms with Crippen molar-refractivity contribution in [3.8, 4) is 18.1 Å². The van der Waals surface area contributed by atoms with Crippen LogP contribution in [0.5, 0.6) is 5.75 Å². The molecule has 0 unspecified atom stereocenters. The fraction of sp³-hybridized carbons (Fsp3) is 0.273. The molecule has 1 amide bonds. The number of methoxy groups -OCH3 is 1. The summed E-state index contributed by atoms with van der Waals surface area (Å²) < 4.78 is 5.18. The van der Waals surface area contributed by atoms with E-state index in [2.05, 4.69) is 21.5 Å². The number of hydrogen-bond donors (Lipinski definition) is 2. The van der Waals surface area contributed by atoms with Gasteiger partial charge in [-0.25, -0.2) is 4.99 Å². The molecule has 7 heteroatoms. The van der Waals surface area contributed by atoms with Crippen LogP contribution in [0.15, 0.2) is 53.5 Å². The van der Waals surface area contributed by atoms with Gasteiger partial charge in [-0.2, -0.15) is 0 Å². The van der Waals surface area contributed by atoms with Crippen molar-refractivity contribution in [3.63, 3.8) is 0 Å². The Morgan fingerprint density at radius 2 is 1.97 bits per heavy atom. The highest BCUT2D eigenvalue weighted by Crippen LogP contribution is 2.13. The first-order valence-electron chi connectivity index (χ1n) is 9.04. The highest BCUT2D eigenvalue weighted by molar-refractivity contribution is 14.0. The second-order valence-corrected chi connectivity index (χ2v) is 6.15. The standard InChI is InChI=1S/C22H26N4O2.HI/c1-5-17-8-7-9-19(14-17)25-21(27)15-24-22(23-6-2)26(3)16-18-10-12-20(28-4)13-11-18;/h1,7-14H,6,15-16H2,2-4H3,(H,23,24)(H,25,27);1H. The lowest BCUT2D eigenvalue weighted by Crippen LogP contribution is -2.39. The van der Waals surface area contributed by atoms with Crippen LogP contribution in [-0.4, -0.2) is 44.0 Å². The highest BCUT2D eigenvalue weighted by Gasteiger charge is 2.09. The Labute approximate surface area is 189 Å². The number of carbonyl (C=O) groups excluding carboxylic acids is 1. The zero-order valence-electron chi connectivity index (χ0n) is 16.9. The molecule has 0 atom stereocenters. The zero-order chi connectivity index (χ0) is 20.4. The molecule has 0 aliphatic carbocycles. The van der Waals surface area contributed by atoms with E-state index in [0.717, 1.165) is 11.3 Å². The quantitative estimate of drug-likeness (QED) is 0.262. The van der Waals surface area contributed by atoms with Gasteiger partial charge in [0.1, 0.15) is 12.3 Å². The Balaban J connectivity index is 0.00000420. The average molecular weight is 506 g/mol. The molecule has 2 aromatic rings. The molecule has 2 aromatic carbocycles. The van der Waals surface area contributed by atoms with Gasteiger partial charge in [-0.3, -0.25) is 4.79 Å². The van der Waals surface area contributed by atoms with Crippen molar-refractivity contribution in [1.82, 2.24) is 10.2 Å². The number of halogens is 1. The number of nitrogens with zero attached hydrogens (tertiary/aromatic N) is 2. The van der Waals surface area contributed by atoms with Gasteiger partial charge in [0, 0.05) is 31.4 Å². The summed E-state index contributed by atoms with van der Waals surface area (Å²) in [4.78, 5) is 18.6. The smallest absolute Gasteiger partial charge is 0.246 e. The Morgan fingerprint density at radius 1 is 1.24 bits per heavy atom. The second-order valence-electron chi connectivity index (χ2n) is 6.15. The van der Waals surface area contributed by atoms with E-state index in [4.69, 9.17) is 11.2 Å². The number of terminal acetylenes is 1. The van der Waals surface area contributed by atoms with Crippen molar-refractivity contribution in [3.05, 3.63) is 59.7 Å². The number of aliphatic imine (C=N–C) groups is 1. The Bertz CT molecular complexity index is 860. The summed E-state index contributed by atoms with van der Waals surface area (Å²) in [5.41, 5.74) is 2.49. The summed E-state index contributed by atoms with van der Waals surface area (Å²) in [7, 11) is 3.57. The van der Waals surface area contributed by atoms with Crippen LogP contribution in [0.25, 0.3) is 0 Å². The van der Waals surface area contributed by atoms with Crippen LogP contribution in [0.2, 0.25) is 0 Å². The van der Waals surface area contributed by atoms with E-state index in [-0.39, 0.29) is 36.4 Å². The number of amides is 1. The van der Waals surface area contributed by atoms with Gasteiger partial charge in [-0.1, -0.05) is 24.1 Å². The highest BCUT2D eigenvalue weighted by atomic mass is 127. The number of guanidine groups is 1. The number of benzene rings is 2. The van der Waals surface area contributed by atoms with E-state index in [1.54, 1.807) is 25.3 Å². The Morgan fingerprint density at radius 3 is 2.59 bits per heavy atom. The first-order chi connectivity index (χ1) is 13.5. The van der Waals surface area contributed by atoms with Gasteiger partial charge in [-0.05, 0) is 42.8 Å². The number of nitrogens with one attached hydrogen (secondary N) is 2. The van der Waals surface area contributed by atoms with Gasteiger partial charge < -0.3 is 20.3 Å². The minimum Gasteiger partial charge on any atom is -0.497 e. The van der Waals surface area contributed by atoms with Crippen LogP contribution in [0.3, 0.4) is 0 Å². The van der Waals surface area contributed by atoms with Gasteiger partial charge in [0.25, 0.3) is 0 Å². The van der Waals surface area contributed by atoms with E-state index >= 15 is 0 Å². The number of carbonyl (C=O) groups is 1. The van der Waals surface area contributed by atoms with Crippen LogP contribution in [0.4, 0.5) is 5.69 Å². The molecule has 0 fully saturated rings. The van der Waals surface area contributed by atoms with Gasteiger partial charge >= 0.3 is 0 Å². The number of hydrogen-bond acceptors (Lipinski definition) is 3. The Hall–Kier alpha value is -2.73. The van der Waals surface area contributed by atoms with E-state index in [1.807, 2.05) is 49.2 Å². The molecule has 154 valence electrons. The third-order valence-corrected chi connectivity index (χ3v) is 3.96. The molecule has 0 spiro atoms. The van der Waals surface area contributed by atoms with E-state index in [1.165, 1.54) is 0 Å². The maximum absolute atomic E-state index is 12.2. The van der Waals surface area contributed by atoms with E-state index < -0.39 is 0 Å². The van der Waals surface area contributed by atoms with E-state index in [0.29, 0.717) is 30.3 Å². The molecule has 29 heavy (non-hydrogen) atoms. The van der Waals surface area contributed by atoms with Gasteiger partial charge in [0.05, 0.1) is 7.11 Å². The molecule has 0 aliphatic heterocycles. The fourth-order valence-corrected chi connectivity index (χ4v) is 2.58. The molecule has 0 aromatic heterocycles. The van der Waals surface area contributed by atoms with Gasteiger partial charge in [0.15, 0.2) is 5.96 Å². The van der Waals surface area contributed by atoms with Crippen LogP contribution >= 0.6 is 24.0 Å². The minimum atomic E-state index is -0.206. The third kappa shape index (κ3) is 8.03. The fourth-order valence-electron chi connectivity index (χ4n) is 2.58. The summed E-state index contributed by atoms with van der Waals surface area (Å²) >= 11 is 0. The largest absolute Gasteiger partial charge is 0.497 e. The lowest BCUT2D eigenvalue weighted by molar-refractivity contribution is -0.114. The average Bonchev–Trinajstić information content (AvgIpc) is 2.71. The van der Waals surface area contributed by atoms with Crippen molar-refractivity contribution in [2.45, 2.75) is 13.5 Å². The maximum Gasteiger partial charge on any atom is 0.246 e. The van der Waals surface area contributed by atoms with Crippen molar-refractivity contribution >= 4 is 41.5 Å². The van der Waals surface area contributed by atoms with Crippen molar-refractivity contribution < 1.29 is 9.53 Å². The summed E-state index contributed by atoms with van der Waals surface area (Å²) in [6.07, 6.45) is 5.39. The third-order valence-electron chi connectivity index (χ3n) is 3.96. The number of rotatable bonds is 7. The van der Waals surface area contributed by atoms with Crippen molar-refractivity contribution in [1.29, 1.82) is 0 Å².